The van der Waals surface area contributed by atoms with Gasteiger partial charge in [0.25, 0.3) is 11.8 Å². The maximum absolute atomic E-state index is 12.3. The molecule has 96 valence electrons. The Morgan fingerprint density at radius 3 is 2.20 bits per heavy atom. The topological polar surface area (TPSA) is 79.0 Å². The van der Waals surface area contributed by atoms with Crippen LogP contribution < -0.4 is 4.90 Å². The standard InChI is InChI=1S/C14H8N4O2/c19-13-9-3-1-2-4-10(9)14(20)18(13)8-5-6-11-12(7-8)16-17-15-11/h1-7H,(H,15,16,17). The minimum Gasteiger partial charge on any atom is -0.268 e. The molecule has 6 nitrogen and oxygen atoms in total. The molecule has 1 aliphatic heterocycles. The van der Waals surface area contributed by atoms with E-state index in [1.165, 1.54) is 4.90 Å². The number of fused-ring (bicyclic) bond motifs is 2. The molecule has 0 spiro atoms. The van der Waals surface area contributed by atoms with Crippen LogP contribution in [0.25, 0.3) is 11.0 Å². The first kappa shape index (κ1) is 10.9. The second kappa shape index (κ2) is 3.74. The van der Waals surface area contributed by atoms with Crippen LogP contribution >= 0.6 is 0 Å². The Balaban J connectivity index is 1.87. The molecule has 3 aromatic rings. The van der Waals surface area contributed by atoms with Crippen LogP contribution in [0, 0.1) is 0 Å². The van der Waals surface area contributed by atoms with E-state index in [9.17, 15) is 9.59 Å². The van der Waals surface area contributed by atoms with Gasteiger partial charge in [-0.25, -0.2) is 4.90 Å². The number of anilines is 1. The molecule has 1 aromatic heterocycles. The van der Waals surface area contributed by atoms with Gasteiger partial charge in [0, 0.05) is 0 Å². The molecule has 4 rings (SSSR count). The lowest BCUT2D eigenvalue weighted by molar-refractivity contribution is 0.0926. The molecule has 2 heterocycles. The number of aromatic nitrogens is 3. The van der Waals surface area contributed by atoms with E-state index in [4.69, 9.17) is 0 Å². The molecule has 1 aliphatic rings. The monoisotopic (exact) mass is 264 g/mol. The lowest BCUT2D eigenvalue weighted by Crippen LogP contribution is -2.29. The van der Waals surface area contributed by atoms with Gasteiger partial charge >= 0.3 is 0 Å². The van der Waals surface area contributed by atoms with Crippen LogP contribution in [0.4, 0.5) is 5.69 Å². The van der Waals surface area contributed by atoms with Crippen molar-refractivity contribution in [2.45, 2.75) is 0 Å². The van der Waals surface area contributed by atoms with Crippen molar-refractivity contribution < 1.29 is 9.59 Å². The zero-order valence-corrected chi connectivity index (χ0v) is 10.2. The van der Waals surface area contributed by atoms with E-state index in [0.717, 1.165) is 0 Å². The van der Waals surface area contributed by atoms with Crippen LogP contribution in [-0.4, -0.2) is 27.2 Å². The summed E-state index contributed by atoms with van der Waals surface area (Å²) in [7, 11) is 0. The van der Waals surface area contributed by atoms with Crippen molar-refractivity contribution in [2.24, 2.45) is 0 Å². The highest BCUT2D eigenvalue weighted by molar-refractivity contribution is 6.34. The Hall–Kier alpha value is -3.02. The summed E-state index contributed by atoms with van der Waals surface area (Å²) in [5, 5.41) is 10.4. The van der Waals surface area contributed by atoms with Crippen LogP contribution in [0.5, 0.6) is 0 Å². The fourth-order valence-electron chi connectivity index (χ4n) is 2.39. The number of imide groups is 1. The van der Waals surface area contributed by atoms with Gasteiger partial charge in [0.05, 0.1) is 16.8 Å². The van der Waals surface area contributed by atoms with E-state index in [1.807, 2.05) is 0 Å². The van der Waals surface area contributed by atoms with E-state index in [0.29, 0.717) is 27.8 Å². The van der Waals surface area contributed by atoms with Crippen molar-refractivity contribution in [3.05, 3.63) is 53.6 Å². The number of rotatable bonds is 1. The van der Waals surface area contributed by atoms with E-state index >= 15 is 0 Å². The molecule has 0 aliphatic carbocycles. The Kier molecular flexibility index (Phi) is 2.03. The van der Waals surface area contributed by atoms with Crippen LogP contribution in [-0.2, 0) is 0 Å². The molecular weight excluding hydrogens is 256 g/mol. The average Bonchev–Trinajstić information content (AvgIpc) is 3.03. The molecule has 0 radical (unpaired) electrons. The van der Waals surface area contributed by atoms with Crippen LogP contribution in [0.2, 0.25) is 0 Å². The van der Waals surface area contributed by atoms with Crippen molar-refractivity contribution >= 4 is 28.5 Å². The van der Waals surface area contributed by atoms with Gasteiger partial charge in [-0.05, 0) is 30.3 Å². The van der Waals surface area contributed by atoms with Crippen LogP contribution in [0.1, 0.15) is 20.7 Å². The van der Waals surface area contributed by atoms with Gasteiger partial charge in [0.15, 0.2) is 0 Å². The Morgan fingerprint density at radius 2 is 1.50 bits per heavy atom. The number of H-pyrrole nitrogens is 1. The normalized spacial score (nSPS) is 14.1. The van der Waals surface area contributed by atoms with E-state index < -0.39 is 0 Å². The van der Waals surface area contributed by atoms with E-state index in [1.54, 1.807) is 42.5 Å². The van der Waals surface area contributed by atoms with Crippen molar-refractivity contribution in [1.82, 2.24) is 15.4 Å². The number of aromatic amines is 1. The SMILES string of the molecule is O=C1c2ccccc2C(=O)N1c1ccc2n[nH]nc2c1. The number of hydrogen-bond acceptors (Lipinski definition) is 4. The zero-order valence-electron chi connectivity index (χ0n) is 10.2. The largest absolute Gasteiger partial charge is 0.268 e. The summed E-state index contributed by atoms with van der Waals surface area (Å²) >= 11 is 0. The molecule has 0 fully saturated rings. The number of nitrogens with one attached hydrogen (secondary N) is 1. The third-order valence-electron chi connectivity index (χ3n) is 3.35. The molecule has 0 atom stereocenters. The molecular formula is C14H8N4O2. The van der Waals surface area contributed by atoms with Gasteiger partial charge < -0.3 is 0 Å². The first-order valence-corrected chi connectivity index (χ1v) is 6.04. The van der Waals surface area contributed by atoms with Crippen molar-refractivity contribution in [2.75, 3.05) is 4.90 Å². The summed E-state index contributed by atoms with van der Waals surface area (Å²) in [5.41, 5.74) is 2.65. The maximum atomic E-state index is 12.3. The lowest BCUT2D eigenvalue weighted by atomic mass is 10.1. The summed E-state index contributed by atoms with van der Waals surface area (Å²) in [6, 6.07) is 11.9. The van der Waals surface area contributed by atoms with Crippen molar-refractivity contribution in [1.29, 1.82) is 0 Å². The summed E-state index contributed by atoms with van der Waals surface area (Å²) in [4.78, 5) is 25.9. The average molecular weight is 264 g/mol. The molecule has 2 amide bonds. The molecule has 0 unspecified atom stereocenters. The van der Waals surface area contributed by atoms with E-state index in [-0.39, 0.29) is 11.8 Å². The molecule has 1 N–H and O–H groups in total. The number of hydrogen-bond donors (Lipinski definition) is 1. The van der Waals surface area contributed by atoms with Gasteiger partial charge in [0.2, 0.25) is 0 Å². The predicted octanol–water partition coefficient (Wildman–Crippen LogP) is 1.76. The second-order valence-corrected chi connectivity index (χ2v) is 4.49. The molecule has 0 saturated carbocycles. The van der Waals surface area contributed by atoms with Gasteiger partial charge in [-0.1, -0.05) is 12.1 Å². The minimum absolute atomic E-state index is 0.312. The quantitative estimate of drug-likeness (QED) is 0.679. The van der Waals surface area contributed by atoms with Crippen LogP contribution in [0.3, 0.4) is 0 Å². The molecule has 6 heteroatoms. The van der Waals surface area contributed by atoms with Gasteiger partial charge in [-0.2, -0.15) is 15.4 Å². The third kappa shape index (κ3) is 1.33. The number of carbonyl (C=O) groups excluding carboxylic acids is 2. The number of carbonyl (C=O) groups is 2. The second-order valence-electron chi connectivity index (χ2n) is 4.49. The summed E-state index contributed by atoms with van der Waals surface area (Å²) in [6.45, 7) is 0. The number of benzene rings is 2. The maximum Gasteiger partial charge on any atom is 0.266 e. The molecule has 2 aromatic carbocycles. The summed E-state index contributed by atoms with van der Waals surface area (Å²) < 4.78 is 0. The number of nitrogens with zero attached hydrogens (tertiary/aromatic N) is 3. The fraction of sp³-hybridized carbons (Fsp3) is 0. The van der Waals surface area contributed by atoms with E-state index in [2.05, 4.69) is 15.4 Å². The zero-order chi connectivity index (χ0) is 13.7. The van der Waals surface area contributed by atoms with Gasteiger partial charge in [0.1, 0.15) is 11.0 Å². The third-order valence-corrected chi connectivity index (χ3v) is 3.35. The first-order valence-electron chi connectivity index (χ1n) is 6.04. The van der Waals surface area contributed by atoms with Crippen LogP contribution in [0.15, 0.2) is 42.5 Å². The molecule has 20 heavy (non-hydrogen) atoms. The van der Waals surface area contributed by atoms with Gasteiger partial charge in [-0.15, -0.1) is 0 Å². The van der Waals surface area contributed by atoms with Crippen molar-refractivity contribution in [3.63, 3.8) is 0 Å². The molecule has 0 saturated heterocycles. The Morgan fingerprint density at radius 1 is 0.850 bits per heavy atom. The highest BCUT2D eigenvalue weighted by Gasteiger charge is 2.36. The highest BCUT2D eigenvalue weighted by atomic mass is 16.2. The smallest absolute Gasteiger partial charge is 0.266 e. The van der Waals surface area contributed by atoms with Crippen molar-refractivity contribution in [3.8, 4) is 0 Å². The summed E-state index contributed by atoms with van der Waals surface area (Å²) in [6.07, 6.45) is 0. The molecule has 0 bridgehead atoms. The van der Waals surface area contributed by atoms with Gasteiger partial charge in [-0.3, -0.25) is 9.59 Å². The first-order chi connectivity index (χ1) is 9.75. The fourth-order valence-corrected chi connectivity index (χ4v) is 2.39. The highest BCUT2D eigenvalue weighted by Crippen LogP contribution is 2.29. The Bertz CT molecular complexity index is 833. The predicted molar refractivity (Wildman–Crippen MR) is 71.5 cm³/mol. The Labute approximate surface area is 113 Å². The summed E-state index contributed by atoms with van der Waals surface area (Å²) in [5.74, 6) is -0.623. The lowest BCUT2D eigenvalue weighted by Gasteiger charge is -2.13. The number of amides is 2. The minimum atomic E-state index is -0.312.